The first-order valence-corrected chi connectivity index (χ1v) is 11.1. The van der Waals surface area contributed by atoms with Crippen LogP contribution in [-0.4, -0.2) is 33.8 Å². The number of methoxy groups -OCH3 is 1. The Labute approximate surface area is 190 Å². The van der Waals surface area contributed by atoms with Crippen LogP contribution in [-0.2, 0) is 0 Å². The molecule has 0 bridgehead atoms. The van der Waals surface area contributed by atoms with E-state index in [-0.39, 0.29) is 17.5 Å². The predicted octanol–water partition coefficient (Wildman–Crippen LogP) is 5.37. The third kappa shape index (κ3) is 4.38. The molecule has 0 radical (unpaired) electrons. The van der Waals surface area contributed by atoms with Gasteiger partial charge in [0.1, 0.15) is 17.2 Å². The number of hydrogen-bond donors (Lipinski definition) is 2. The topological polar surface area (TPSA) is 79.3 Å². The standard InChI is InChI=1S/C25H25N3O3S/c1-15(2)26-25-28(27-16(3)22-10-8-20(29)13-24(22)30)23(14-32-25)19-6-5-18-12-21(31-4)9-7-17(18)11-19/h5-15,29-30H,1-4H3. The molecule has 6 nitrogen and oxygen atoms in total. The van der Waals surface area contributed by atoms with E-state index >= 15 is 0 Å². The lowest BCUT2D eigenvalue weighted by atomic mass is 10.1. The van der Waals surface area contributed by atoms with Gasteiger partial charge < -0.3 is 14.9 Å². The van der Waals surface area contributed by atoms with Crippen LogP contribution in [0.5, 0.6) is 17.2 Å². The molecule has 3 aromatic carbocycles. The number of thiazole rings is 1. The minimum atomic E-state index is -0.0226. The lowest BCUT2D eigenvalue weighted by Gasteiger charge is -2.09. The predicted molar refractivity (Wildman–Crippen MR) is 130 cm³/mol. The monoisotopic (exact) mass is 447 g/mol. The number of hydrogen-bond acceptors (Lipinski definition) is 6. The lowest BCUT2D eigenvalue weighted by molar-refractivity contribution is 0.415. The van der Waals surface area contributed by atoms with Crippen LogP contribution in [0.1, 0.15) is 26.3 Å². The number of nitrogens with zero attached hydrogens (tertiary/aromatic N) is 3. The molecule has 0 saturated heterocycles. The Hall–Kier alpha value is -3.58. The first kappa shape index (κ1) is 21.6. The van der Waals surface area contributed by atoms with E-state index in [0.717, 1.165) is 32.6 Å². The van der Waals surface area contributed by atoms with E-state index in [1.54, 1.807) is 13.2 Å². The Morgan fingerprint density at radius 3 is 2.47 bits per heavy atom. The van der Waals surface area contributed by atoms with Crippen molar-refractivity contribution in [2.24, 2.45) is 10.1 Å². The molecule has 4 rings (SSSR count). The van der Waals surface area contributed by atoms with Crippen LogP contribution in [0.15, 0.2) is 70.1 Å². The van der Waals surface area contributed by atoms with Gasteiger partial charge in [-0.25, -0.2) is 4.68 Å². The van der Waals surface area contributed by atoms with Gasteiger partial charge in [-0.15, -0.1) is 11.3 Å². The normalized spacial score (nSPS) is 12.7. The molecular weight excluding hydrogens is 422 g/mol. The molecular formula is C25H25N3O3S. The van der Waals surface area contributed by atoms with Crippen LogP contribution in [0.3, 0.4) is 0 Å². The van der Waals surface area contributed by atoms with Gasteiger partial charge in [-0.2, -0.15) is 5.10 Å². The van der Waals surface area contributed by atoms with Crippen LogP contribution < -0.4 is 9.54 Å². The highest BCUT2D eigenvalue weighted by Crippen LogP contribution is 2.28. The lowest BCUT2D eigenvalue weighted by Crippen LogP contribution is -2.16. The summed E-state index contributed by atoms with van der Waals surface area (Å²) >= 11 is 1.52. The van der Waals surface area contributed by atoms with Crippen molar-refractivity contribution in [1.29, 1.82) is 0 Å². The molecule has 7 heteroatoms. The minimum absolute atomic E-state index is 0.00576. The van der Waals surface area contributed by atoms with Gasteiger partial charge in [-0.3, -0.25) is 4.99 Å². The molecule has 0 aliphatic rings. The Kier molecular flexibility index (Phi) is 6.01. The molecule has 0 fully saturated rings. The van der Waals surface area contributed by atoms with Crippen LogP contribution in [0.25, 0.3) is 22.0 Å². The number of benzene rings is 3. The maximum atomic E-state index is 10.3. The quantitative estimate of drug-likeness (QED) is 0.404. The molecule has 0 saturated carbocycles. The summed E-state index contributed by atoms with van der Waals surface area (Å²) in [6, 6.07) is 16.8. The Balaban J connectivity index is 1.87. The highest BCUT2D eigenvalue weighted by atomic mass is 32.1. The molecule has 0 aliphatic heterocycles. The van der Waals surface area contributed by atoms with Crippen molar-refractivity contribution in [3.8, 4) is 28.5 Å². The second-order valence-corrected chi connectivity index (χ2v) is 8.59. The fourth-order valence-corrected chi connectivity index (χ4v) is 4.41. The number of aromatic hydroxyl groups is 2. The van der Waals surface area contributed by atoms with Crippen LogP contribution in [0.2, 0.25) is 0 Å². The van der Waals surface area contributed by atoms with E-state index in [9.17, 15) is 10.2 Å². The molecule has 1 aromatic heterocycles. The van der Waals surface area contributed by atoms with Gasteiger partial charge in [-0.1, -0.05) is 18.2 Å². The highest BCUT2D eigenvalue weighted by molar-refractivity contribution is 7.07. The van der Waals surface area contributed by atoms with Crippen molar-refractivity contribution in [1.82, 2.24) is 4.68 Å². The third-order valence-corrected chi connectivity index (χ3v) is 5.85. The summed E-state index contributed by atoms with van der Waals surface area (Å²) in [5.41, 5.74) is 3.08. The molecule has 32 heavy (non-hydrogen) atoms. The first-order valence-electron chi connectivity index (χ1n) is 10.3. The van der Waals surface area contributed by atoms with Crippen molar-refractivity contribution in [3.05, 3.63) is 70.3 Å². The van der Waals surface area contributed by atoms with Crippen molar-refractivity contribution in [3.63, 3.8) is 0 Å². The molecule has 164 valence electrons. The number of fused-ring (bicyclic) bond motifs is 1. The fraction of sp³-hybridized carbons (Fsp3) is 0.200. The van der Waals surface area contributed by atoms with E-state index in [2.05, 4.69) is 18.2 Å². The summed E-state index contributed by atoms with van der Waals surface area (Å²) in [7, 11) is 1.66. The minimum Gasteiger partial charge on any atom is -0.508 e. The van der Waals surface area contributed by atoms with Crippen molar-refractivity contribution < 1.29 is 14.9 Å². The van der Waals surface area contributed by atoms with Crippen LogP contribution >= 0.6 is 11.3 Å². The fourth-order valence-electron chi connectivity index (χ4n) is 3.44. The molecule has 0 aliphatic carbocycles. The Bertz CT molecular complexity index is 1380. The van der Waals surface area contributed by atoms with E-state index in [1.165, 1.54) is 23.5 Å². The smallest absolute Gasteiger partial charge is 0.206 e. The van der Waals surface area contributed by atoms with E-state index in [0.29, 0.717) is 11.3 Å². The highest BCUT2D eigenvalue weighted by Gasteiger charge is 2.12. The molecule has 4 aromatic rings. The zero-order chi connectivity index (χ0) is 22.8. The van der Waals surface area contributed by atoms with Crippen molar-refractivity contribution >= 4 is 27.8 Å². The second kappa shape index (κ2) is 8.88. The number of phenolic OH excluding ortho intramolecular Hbond substituents is 2. The van der Waals surface area contributed by atoms with Gasteiger partial charge in [0, 0.05) is 28.6 Å². The van der Waals surface area contributed by atoms with E-state index < -0.39 is 0 Å². The average Bonchev–Trinajstić information content (AvgIpc) is 3.14. The molecule has 2 N–H and O–H groups in total. The van der Waals surface area contributed by atoms with Crippen LogP contribution in [0, 0.1) is 0 Å². The van der Waals surface area contributed by atoms with E-state index in [1.807, 2.05) is 49.0 Å². The van der Waals surface area contributed by atoms with Gasteiger partial charge in [0.15, 0.2) is 0 Å². The van der Waals surface area contributed by atoms with Crippen molar-refractivity contribution in [2.45, 2.75) is 26.8 Å². The number of phenols is 2. The maximum Gasteiger partial charge on any atom is 0.206 e. The third-order valence-electron chi connectivity index (χ3n) is 5.02. The van der Waals surface area contributed by atoms with Gasteiger partial charge in [-0.05, 0) is 61.9 Å². The summed E-state index contributed by atoms with van der Waals surface area (Å²) in [4.78, 5) is 5.50. The SMILES string of the molecule is COc1ccc2cc(-c3csc(=NC(C)C)n3N=C(C)c3ccc(O)cc3O)ccc2c1. The number of ether oxygens (including phenoxy) is 1. The molecule has 0 spiro atoms. The summed E-state index contributed by atoms with van der Waals surface area (Å²) in [6.45, 7) is 5.87. The first-order chi connectivity index (χ1) is 15.4. The second-order valence-electron chi connectivity index (χ2n) is 7.75. The van der Waals surface area contributed by atoms with Crippen LogP contribution in [0.4, 0.5) is 0 Å². The average molecular weight is 448 g/mol. The zero-order valence-electron chi connectivity index (χ0n) is 18.4. The molecule has 1 heterocycles. The van der Waals surface area contributed by atoms with Gasteiger partial charge in [0.2, 0.25) is 4.80 Å². The summed E-state index contributed by atoms with van der Waals surface area (Å²) in [5, 5.41) is 28.9. The molecule has 0 amide bonds. The molecule has 0 atom stereocenters. The van der Waals surface area contributed by atoms with Gasteiger partial charge >= 0.3 is 0 Å². The zero-order valence-corrected chi connectivity index (χ0v) is 19.2. The number of aromatic nitrogens is 1. The van der Waals surface area contributed by atoms with Gasteiger partial charge in [0.25, 0.3) is 0 Å². The summed E-state index contributed by atoms with van der Waals surface area (Å²) < 4.78 is 7.15. The van der Waals surface area contributed by atoms with Gasteiger partial charge in [0.05, 0.1) is 18.5 Å². The van der Waals surface area contributed by atoms with E-state index in [4.69, 9.17) is 14.8 Å². The summed E-state index contributed by atoms with van der Waals surface area (Å²) in [6.07, 6.45) is 0. The van der Waals surface area contributed by atoms with Crippen molar-refractivity contribution in [2.75, 3.05) is 7.11 Å². The summed E-state index contributed by atoms with van der Waals surface area (Å²) in [5.74, 6) is 0.805. The largest absolute Gasteiger partial charge is 0.508 e. The maximum absolute atomic E-state index is 10.3. The molecule has 0 unspecified atom stereocenters. The Morgan fingerprint density at radius 1 is 1.00 bits per heavy atom. The number of rotatable bonds is 5. The Morgan fingerprint density at radius 2 is 1.75 bits per heavy atom.